The van der Waals surface area contributed by atoms with E-state index in [9.17, 15) is 0 Å². The fourth-order valence-corrected chi connectivity index (χ4v) is 2.95. The van der Waals surface area contributed by atoms with Crippen molar-refractivity contribution in [3.05, 3.63) is 29.8 Å². The predicted molar refractivity (Wildman–Crippen MR) is 85.5 cm³/mol. The number of para-hydroxylation sites is 1. The van der Waals surface area contributed by atoms with Crippen molar-refractivity contribution in [3.63, 3.8) is 0 Å². The van der Waals surface area contributed by atoms with Gasteiger partial charge in [0.05, 0.1) is 12.2 Å². The van der Waals surface area contributed by atoms with Gasteiger partial charge in [0.1, 0.15) is 5.75 Å². The molecule has 1 fully saturated rings. The number of hydrogen-bond donors (Lipinski definition) is 1. The SMILES string of the molecule is COC1(C)CCCN(CCCOc2ccccc2CN)C1. The van der Waals surface area contributed by atoms with Crippen molar-refractivity contribution in [1.82, 2.24) is 4.90 Å². The topological polar surface area (TPSA) is 47.7 Å². The van der Waals surface area contributed by atoms with Crippen LogP contribution in [0.1, 0.15) is 31.7 Å². The molecule has 21 heavy (non-hydrogen) atoms. The summed E-state index contributed by atoms with van der Waals surface area (Å²) in [6.45, 7) is 6.70. The molecule has 2 N–H and O–H groups in total. The van der Waals surface area contributed by atoms with Gasteiger partial charge in [-0.05, 0) is 38.8 Å². The largest absolute Gasteiger partial charge is 0.493 e. The molecule has 1 aliphatic heterocycles. The van der Waals surface area contributed by atoms with Crippen LogP contribution in [0.2, 0.25) is 0 Å². The number of ether oxygens (including phenoxy) is 2. The van der Waals surface area contributed by atoms with Gasteiger partial charge in [-0.1, -0.05) is 18.2 Å². The van der Waals surface area contributed by atoms with Gasteiger partial charge in [0.2, 0.25) is 0 Å². The quantitative estimate of drug-likeness (QED) is 0.784. The molecule has 1 aliphatic rings. The maximum atomic E-state index is 5.86. The lowest BCUT2D eigenvalue weighted by Gasteiger charge is -2.39. The summed E-state index contributed by atoms with van der Waals surface area (Å²) in [6, 6.07) is 7.99. The van der Waals surface area contributed by atoms with Crippen molar-refractivity contribution in [2.75, 3.05) is 33.4 Å². The highest BCUT2D eigenvalue weighted by molar-refractivity contribution is 5.32. The van der Waals surface area contributed by atoms with Gasteiger partial charge in [-0.2, -0.15) is 0 Å². The Kier molecular flexibility index (Phi) is 6.03. The Balaban J connectivity index is 1.72. The average Bonchev–Trinajstić information content (AvgIpc) is 2.52. The van der Waals surface area contributed by atoms with Crippen molar-refractivity contribution in [2.24, 2.45) is 5.73 Å². The molecule has 0 aromatic heterocycles. The van der Waals surface area contributed by atoms with Crippen molar-refractivity contribution in [2.45, 2.75) is 38.3 Å². The van der Waals surface area contributed by atoms with Gasteiger partial charge >= 0.3 is 0 Å². The van der Waals surface area contributed by atoms with Crippen LogP contribution < -0.4 is 10.5 Å². The Morgan fingerprint density at radius 1 is 1.33 bits per heavy atom. The van der Waals surface area contributed by atoms with E-state index in [-0.39, 0.29) is 5.60 Å². The number of methoxy groups -OCH3 is 1. The first-order chi connectivity index (χ1) is 10.2. The van der Waals surface area contributed by atoms with E-state index in [1.807, 2.05) is 31.4 Å². The van der Waals surface area contributed by atoms with Gasteiger partial charge in [0, 0.05) is 32.3 Å². The third kappa shape index (κ3) is 4.70. The first kappa shape index (κ1) is 16.3. The lowest BCUT2D eigenvalue weighted by atomic mass is 9.95. The number of nitrogens with two attached hydrogens (primary N) is 1. The third-order valence-corrected chi connectivity index (χ3v) is 4.30. The fraction of sp³-hybridized carbons (Fsp3) is 0.647. The van der Waals surface area contributed by atoms with Gasteiger partial charge < -0.3 is 20.1 Å². The van der Waals surface area contributed by atoms with Gasteiger partial charge in [-0.15, -0.1) is 0 Å². The van der Waals surface area contributed by atoms with Crippen LogP contribution in [0.15, 0.2) is 24.3 Å². The van der Waals surface area contributed by atoms with Crippen LogP contribution in [0.4, 0.5) is 0 Å². The van der Waals surface area contributed by atoms with Crippen LogP contribution in [0.3, 0.4) is 0 Å². The van der Waals surface area contributed by atoms with E-state index in [1.54, 1.807) is 0 Å². The third-order valence-electron chi connectivity index (χ3n) is 4.30. The first-order valence-corrected chi connectivity index (χ1v) is 7.85. The molecular formula is C17H28N2O2. The minimum absolute atomic E-state index is 0.0191. The molecule has 2 rings (SSSR count). The van der Waals surface area contributed by atoms with Crippen LogP contribution in [0.5, 0.6) is 5.75 Å². The van der Waals surface area contributed by atoms with Crippen LogP contribution in [-0.4, -0.2) is 43.9 Å². The molecular weight excluding hydrogens is 264 g/mol. The molecule has 1 aromatic rings. The predicted octanol–water partition coefficient (Wildman–Crippen LogP) is 2.42. The van der Waals surface area contributed by atoms with E-state index in [1.165, 1.54) is 13.0 Å². The Hall–Kier alpha value is -1.10. The molecule has 0 saturated carbocycles. The highest BCUT2D eigenvalue weighted by Gasteiger charge is 2.30. The van der Waals surface area contributed by atoms with E-state index >= 15 is 0 Å². The minimum Gasteiger partial charge on any atom is -0.493 e. The van der Waals surface area contributed by atoms with E-state index in [2.05, 4.69) is 11.8 Å². The average molecular weight is 292 g/mol. The normalized spacial score (nSPS) is 23.2. The van der Waals surface area contributed by atoms with Crippen molar-refractivity contribution in [1.29, 1.82) is 0 Å². The summed E-state index contributed by atoms with van der Waals surface area (Å²) in [4.78, 5) is 2.48. The highest BCUT2D eigenvalue weighted by Crippen LogP contribution is 2.24. The van der Waals surface area contributed by atoms with Crippen molar-refractivity contribution < 1.29 is 9.47 Å². The molecule has 1 aromatic carbocycles. The number of benzene rings is 1. The standard InChI is InChI=1S/C17H28N2O2/c1-17(20-2)9-5-10-19(14-17)11-6-12-21-16-8-4-3-7-15(16)13-18/h3-4,7-8H,5-6,9-14,18H2,1-2H3. The second kappa shape index (κ2) is 7.78. The zero-order chi connectivity index (χ0) is 15.1. The van der Waals surface area contributed by atoms with Crippen LogP contribution in [-0.2, 0) is 11.3 Å². The number of nitrogens with zero attached hydrogens (tertiary/aromatic N) is 1. The molecule has 4 heteroatoms. The molecule has 1 saturated heterocycles. The van der Waals surface area contributed by atoms with Crippen LogP contribution >= 0.6 is 0 Å². The first-order valence-electron chi connectivity index (χ1n) is 7.85. The smallest absolute Gasteiger partial charge is 0.123 e. The summed E-state index contributed by atoms with van der Waals surface area (Å²) < 4.78 is 11.5. The summed E-state index contributed by atoms with van der Waals surface area (Å²) in [5.41, 5.74) is 6.81. The molecule has 0 radical (unpaired) electrons. The molecule has 1 heterocycles. The minimum atomic E-state index is 0.0191. The molecule has 0 spiro atoms. The molecule has 118 valence electrons. The van der Waals surface area contributed by atoms with Gasteiger partial charge in [-0.3, -0.25) is 0 Å². The van der Waals surface area contributed by atoms with Gasteiger partial charge in [-0.25, -0.2) is 0 Å². The second-order valence-electron chi connectivity index (χ2n) is 6.05. The number of hydrogen-bond acceptors (Lipinski definition) is 4. The Morgan fingerprint density at radius 2 is 2.14 bits per heavy atom. The second-order valence-corrected chi connectivity index (χ2v) is 6.05. The van der Waals surface area contributed by atoms with Crippen LogP contribution in [0, 0.1) is 0 Å². The maximum absolute atomic E-state index is 5.86. The summed E-state index contributed by atoms with van der Waals surface area (Å²) in [5.74, 6) is 0.917. The summed E-state index contributed by atoms with van der Waals surface area (Å²) in [6.07, 6.45) is 3.39. The zero-order valence-electron chi connectivity index (χ0n) is 13.3. The van der Waals surface area contributed by atoms with E-state index in [4.69, 9.17) is 15.2 Å². The molecule has 4 nitrogen and oxygen atoms in total. The number of rotatable bonds is 7. The lowest BCUT2D eigenvalue weighted by molar-refractivity contribution is -0.0512. The summed E-state index contributed by atoms with van der Waals surface area (Å²) in [7, 11) is 1.82. The Labute approximate surface area is 128 Å². The van der Waals surface area contributed by atoms with Crippen LogP contribution in [0.25, 0.3) is 0 Å². The number of likely N-dealkylation sites (tertiary alicyclic amines) is 1. The fourth-order valence-electron chi connectivity index (χ4n) is 2.95. The molecule has 0 bridgehead atoms. The van der Waals surface area contributed by atoms with Crippen molar-refractivity contribution >= 4 is 0 Å². The van der Waals surface area contributed by atoms with Gasteiger partial charge in [0.15, 0.2) is 0 Å². The molecule has 0 amide bonds. The monoisotopic (exact) mass is 292 g/mol. The lowest BCUT2D eigenvalue weighted by Crippen LogP contribution is -2.47. The van der Waals surface area contributed by atoms with E-state index in [0.717, 1.165) is 43.9 Å². The maximum Gasteiger partial charge on any atom is 0.123 e. The van der Waals surface area contributed by atoms with Crippen molar-refractivity contribution in [3.8, 4) is 5.75 Å². The molecule has 0 aliphatic carbocycles. The number of piperidine rings is 1. The Morgan fingerprint density at radius 3 is 2.90 bits per heavy atom. The highest BCUT2D eigenvalue weighted by atomic mass is 16.5. The Bertz CT molecular complexity index is 439. The summed E-state index contributed by atoms with van der Waals surface area (Å²) >= 11 is 0. The van der Waals surface area contributed by atoms with Gasteiger partial charge in [0.25, 0.3) is 0 Å². The van der Waals surface area contributed by atoms with E-state index < -0.39 is 0 Å². The molecule has 1 unspecified atom stereocenters. The molecule has 1 atom stereocenters. The summed E-state index contributed by atoms with van der Waals surface area (Å²) in [5, 5.41) is 0. The van der Waals surface area contributed by atoms with E-state index in [0.29, 0.717) is 6.54 Å². The zero-order valence-corrected chi connectivity index (χ0v) is 13.3.